The first kappa shape index (κ1) is 24.4. The highest BCUT2D eigenvalue weighted by Gasteiger charge is 2.42. The minimum Gasteiger partial charge on any atom is -0.366 e. The summed E-state index contributed by atoms with van der Waals surface area (Å²) < 4.78 is 0. The number of hydrogen-bond acceptors (Lipinski definition) is 1. The molecule has 0 aromatic carbocycles. The lowest BCUT2D eigenvalue weighted by Gasteiger charge is -2.47. The average Bonchev–Trinajstić information content (AvgIpc) is 2.74. The number of unbranched alkanes of at least 4 members (excludes halogenated alkanes) is 3. The molecule has 0 saturated heterocycles. The van der Waals surface area contributed by atoms with Crippen LogP contribution in [0.3, 0.4) is 0 Å². The first-order valence-electron chi connectivity index (χ1n) is 12.4. The van der Waals surface area contributed by atoms with Gasteiger partial charge in [0.05, 0.1) is 0 Å². The molecule has 32 heavy (non-hydrogen) atoms. The molecule has 0 aliphatic heterocycles. The van der Waals surface area contributed by atoms with Crippen LogP contribution >= 0.6 is 0 Å². The summed E-state index contributed by atoms with van der Waals surface area (Å²) in [4.78, 5) is 2.64. The van der Waals surface area contributed by atoms with Gasteiger partial charge in [0, 0.05) is 34.7 Å². The zero-order valence-electron chi connectivity index (χ0n) is 21.3. The van der Waals surface area contributed by atoms with Gasteiger partial charge < -0.3 is 4.90 Å². The Balaban J connectivity index is 2.20. The van der Waals surface area contributed by atoms with Crippen molar-refractivity contribution in [2.45, 2.75) is 79.2 Å². The Bertz CT molecular complexity index is 933. The number of rotatable bonds is 9. The third-order valence-corrected chi connectivity index (χ3v) is 7.18. The second kappa shape index (κ2) is 9.69. The van der Waals surface area contributed by atoms with Crippen LogP contribution in [-0.4, -0.2) is 17.0 Å². The molecule has 0 aromatic rings. The van der Waals surface area contributed by atoms with Crippen molar-refractivity contribution in [1.82, 2.24) is 4.90 Å². The Kier molecular flexibility index (Phi) is 7.38. The number of allylic oxidation sites excluding steroid dienone is 13. The van der Waals surface area contributed by atoms with Crippen molar-refractivity contribution in [3.05, 3.63) is 95.3 Å². The van der Waals surface area contributed by atoms with Gasteiger partial charge in [-0.25, -0.2) is 0 Å². The molecule has 1 heteroatoms. The Labute approximate surface area is 197 Å². The fraction of sp³-hybridized carbons (Fsp3) is 0.484. The van der Waals surface area contributed by atoms with E-state index in [-0.39, 0.29) is 11.0 Å². The molecule has 0 saturated carbocycles. The number of nitrogens with zero attached hydrogens (tertiary/aromatic N) is 1. The fourth-order valence-corrected chi connectivity index (χ4v) is 5.56. The summed E-state index contributed by atoms with van der Waals surface area (Å²) in [5, 5.41) is 0. The van der Waals surface area contributed by atoms with Gasteiger partial charge in [-0.1, -0.05) is 69.4 Å². The summed E-state index contributed by atoms with van der Waals surface area (Å²) in [6, 6.07) is 0. The van der Waals surface area contributed by atoms with Gasteiger partial charge in [0.1, 0.15) is 0 Å². The van der Waals surface area contributed by atoms with Gasteiger partial charge in [-0.2, -0.15) is 0 Å². The molecule has 0 amide bonds. The number of hydrogen-bond donors (Lipinski definition) is 0. The van der Waals surface area contributed by atoms with E-state index in [0.717, 1.165) is 19.4 Å². The van der Waals surface area contributed by atoms with Crippen molar-refractivity contribution in [2.75, 3.05) is 6.54 Å². The lowest BCUT2D eigenvalue weighted by atomic mass is 9.61. The fourth-order valence-electron chi connectivity index (χ4n) is 5.56. The van der Waals surface area contributed by atoms with E-state index in [0.29, 0.717) is 5.92 Å². The van der Waals surface area contributed by atoms with Gasteiger partial charge in [-0.05, 0) is 81.7 Å². The van der Waals surface area contributed by atoms with Crippen molar-refractivity contribution in [2.24, 2.45) is 11.3 Å². The molecule has 0 bridgehead atoms. The highest BCUT2D eigenvalue weighted by Crippen LogP contribution is 2.54. The molecular formula is C31H43N. The largest absolute Gasteiger partial charge is 0.366 e. The summed E-state index contributed by atoms with van der Waals surface area (Å²) in [6.45, 7) is 23.1. The van der Waals surface area contributed by atoms with E-state index in [1.165, 1.54) is 52.8 Å². The van der Waals surface area contributed by atoms with Gasteiger partial charge in [-0.15, -0.1) is 6.58 Å². The van der Waals surface area contributed by atoms with Crippen LogP contribution in [0.2, 0.25) is 0 Å². The lowest BCUT2D eigenvalue weighted by Crippen LogP contribution is -2.43. The Hall–Kier alpha value is -2.28. The monoisotopic (exact) mass is 429 g/mol. The summed E-state index contributed by atoms with van der Waals surface area (Å²) in [7, 11) is 0. The van der Waals surface area contributed by atoms with Crippen LogP contribution in [-0.2, 0) is 0 Å². The molecule has 1 nitrogen and oxygen atoms in total. The molecule has 0 spiro atoms. The van der Waals surface area contributed by atoms with Gasteiger partial charge in [-0.3, -0.25) is 0 Å². The van der Waals surface area contributed by atoms with Crippen molar-refractivity contribution in [3.8, 4) is 0 Å². The summed E-state index contributed by atoms with van der Waals surface area (Å²) >= 11 is 0. The predicted molar refractivity (Wildman–Crippen MR) is 141 cm³/mol. The predicted octanol–water partition coefficient (Wildman–Crippen LogP) is 8.63. The van der Waals surface area contributed by atoms with Crippen LogP contribution < -0.4 is 0 Å². The maximum absolute atomic E-state index is 4.30. The van der Waals surface area contributed by atoms with E-state index in [1.54, 1.807) is 0 Å². The maximum atomic E-state index is 4.30. The standard InChI is InChI=1S/C31H43N/c1-9-12-13-14-15-22-32(30(4,5)6)27-21-20-23-18-16-19-26-28(23)29(27)24(11-3)25(17-10-2)31(26,7)8/h9-11,16-17,19-21,23H,1,3,12-15,18,22H2,2,4-8H3/b17-10-. The van der Waals surface area contributed by atoms with E-state index < -0.39 is 0 Å². The van der Waals surface area contributed by atoms with Crippen LogP contribution in [0.1, 0.15) is 73.6 Å². The third kappa shape index (κ3) is 4.45. The molecule has 0 radical (unpaired) electrons. The third-order valence-electron chi connectivity index (χ3n) is 7.18. The van der Waals surface area contributed by atoms with Crippen LogP contribution in [0.4, 0.5) is 0 Å². The first-order valence-corrected chi connectivity index (χ1v) is 12.4. The second-order valence-corrected chi connectivity index (χ2v) is 10.8. The summed E-state index contributed by atoms with van der Waals surface area (Å²) in [5.41, 5.74) is 8.49. The molecule has 0 heterocycles. The smallest absolute Gasteiger partial charge is 0.0450 e. The van der Waals surface area contributed by atoms with Crippen molar-refractivity contribution < 1.29 is 0 Å². The molecule has 1 unspecified atom stereocenters. The Morgan fingerprint density at radius 1 is 1.12 bits per heavy atom. The topological polar surface area (TPSA) is 3.24 Å². The highest BCUT2D eigenvalue weighted by molar-refractivity contribution is 5.71. The van der Waals surface area contributed by atoms with Gasteiger partial charge in [0.15, 0.2) is 0 Å². The van der Waals surface area contributed by atoms with E-state index >= 15 is 0 Å². The van der Waals surface area contributed by atoms with Crippen molar-refractivity contribution in [3.63, 3.8) is 0 Å². The molecule has 3 rings (SSSR count). The SMILES string of the molecule is C=CCCCCCN(C1=C2C(C=C)=C(/C=C\C)C(C)(C)C3=C2C(C=C1)CC=C3)C(C)(C)C. The quantitative estimate of drug-likeness (QED) is 0.262. The van der Waals surface area contributed by atoms with E-state index in [4.69, 9.17) is 0 Å². The minimum absolute atomic E-state index is 0.0302. The van der Waals surface area contributed by atoms with E-state index in [9.17, 15) is 0 Å². The molecular weight excluding hydrogens is 386 g/mol. The Morgan fingerprint density at radius 3 is 2.50 bits per heavy atom. The second-order valence-electron chi connectivity index (χ2n) is 10.8. The van der Waals surface area contributed by atoms with Gasteiger partial charge in [0.25, 0.3) is 0 Å². The van der Waals surface area contributed by atoms with Crippen molar-refractivity contribution in [1.29, 1.82) is 0 Å². The maximum Gasteiger partial charge on any atom is 0.0450 e. The molecule has 172 valence electrons. The normalized spacial score (nSPS) is 22.0. The molecule has 1 atom stereocenters. The highest BCUT2D eigenvalue weighted by atomic mass is 15.2. The van der Waals surface area contributed by atoms with Crippen molar-refractivity contribution >= 4 is 0 Å². The van der Waals surface area contributed by atoms with E-state index in [2.05, 4.69) is 102 Å². The molecule has 0 aromatic heterocycles. The molecule has 3 aliphatic rings. The Morgan fingerprint density at radius 2 is 1.88 bits per heavy atom. The van der Waals surface area contributed by atoms with Gasteiger partial charge >= 0.3 is 0 Å². The van der Waals surface area contributed by atoms with Crippen LogP contribution in [0.15, 0.2) is 95.3 Å². The zero-order valence-corrected chi connectivity index (χ0v) is 21.3. The van der Waals surface area contributed by atoms with Crippen LogP contribution in [0.5, 0.6) is 0 Å². The first-order chi connectivity index (χ1) is 15.2. The molecule has 0 fully saturated rings. The van der Waals surface area contributed by atoms with E-state index in [1.807, 2.05) is 6.08 Å². The summed E-state index contributed by atoms with van der Waals surface area (Å²) in [5.74, 6) is 0.463. The zero-order chi connectivity index (χ0) is 23.5. The average molecular weight is 430 g/mol. The minimum atomic E-state index is -0.0302. The molecule has 3 aliphatic carbocycles. The molecule has 0 N–H and O–H groups in total. The van der Waals surface area contributed by atoms with Crippen LogP contribution in [0.25, 0.3) is 0 Å². The summed E-state index contributed by atoms with van der Waals surface area (Å²) in [6.07, 6.45) is 24.1. The lowest BCUT2D eigenvalue weighted by molar-refractivity contribution is 0.185. The van der Waals surface area contributed by atoms with Crippen LogP contribution in [0, 0.1) is 11.3 Å². The van der Waals surface area contributed by atoms with Gasteiger partial charge in [0.2, 0.25) is 0 Å².